The van der Waals surface area contributed by atoms with Gasteiger partial charge in [-0.05, 0) is 81.8 Å². The molecule has 1 heterocycles. The second kappa shape index (κ2) is 6.44. The Hall–Kier alpha value is 1.00. The third kappa shape index (κ3) is 5.66. The van der Waals surface area contributed by atoms with Crippen molar-refractivity contribution in [3.05, 3.63) is 0 Å². The highest BCUT2D eigenvalue weighted by Crippen LogP contribution is 2.31. The van der Waals surface area contributed by atoms with Gasteiger partial charge in [0.25, 0.3) is 0 Å². The lowest BCUT2D eigenvalue weighted by Gasteiger charge is -2.49. The summed E-state index contributed by atoms with van der Waals surface area (Å²) in [6.07, 6.45) is 3.81. The van der Waals surface area contributed by atoms with Crippen LogP contribution in [0.3, 0.4) is 0 Å². The smallest absolute Gasteiger partial charge is 0.0145 e. The standard InChI is InChI=1S/C13H27IN2S/c1-12(2)9-11(10-13(3,4)15-12)16(5)7-6-8-17-14/h11,15H,6-10H2,1-5H3. The molecule has 0 aromatic heterocycles. The maximum absolute atomic E-state index is 3.75. The van der Waals surface area contributed by atoms with Gasteiger partial charge in [-0.15, -0.1) is 0 Å². The van der Waals surface area contributed by atoms with E-state index in [-0.39, 0.29) is 11.1 Å². The molecule has 0 spiro atoms. The first-order valence-corrected chi connectivity index (χ1v) is 10.0. The van der Waals surface area contributed by atoms with Crippen LogP contribution in [0.25, 0.3) is 0 Å². The average Bonchev–Trinajstić information content (AvgIpc) is 2.13. The van der Waals surface area contributed by atoms with Crippen LogP contribution in [-0.2, 0) is 0 Å². The van der Waals surface area contributed by atoms with Crippen molar-refractivity contribution in [1.29, 1.82) is 0 Å². The molecule has 1 saturated heterocycles. The fraction of sp³-hybridized carbons (Fsp3) is 1.00. The third-order valence-electron chi connectivity index (χ3n) is 3.52. The molecule has 102 valence electrons. The van der Waals surface area contributed by atoms with Crippen molar-refractivity contribution in [1.82, 2.24) is 10.2 Å². The molecule has 0 atom stereocenters. The van der Waals surface area contributed by atoms with Gasteiger partial charge in [0, 0.05) is 22.9 Å². The maximum Gasteiger partial charge on any atom is 0.0145 e. The van der Waals surface area contributed by atoms with Crippen molar-refractivity contribution in [3.8, 4) is 0 Å². The fourth-order valence-electron chi connectivity index (χ4n) is 3.13. The van der Waals surface area contributed by atoms with Crippen molar-refractivity contribution in [3.63, 3.8) is 0 Å². The van der Waals surface area contributed by atoms with Gasteiger partial charge in [-0.25, -0.2) is 0 Å². The highest BCUT2D eigenvalue weighted by Gasteiger charge is 2.38. The normalized spacial score (nSPS) is 24.2. The van der Waals surface area contributed by atoms with Crippen molar-refractivity contribution >= 4 is 30.1 Å². The molecule has 0 aliphatic carbocycles. The largest absolute Gasteiger partial charge is 0.307 e. The lowest BCUT2D eigenvalue weighted by molar-refractivity contribution is 0.0818. The summed E-state index contributed by atoms with van der Waals surface area (Å²) in [6.45, 7) is 10.5. The van der Waals surface area contributed by atoms with Gasteiger partial charge in [0.05, 0.1) is 0 Å². The maximum atomic E-state index is 3.75. The molecule has 0 unspecified atom stereocenters. The molecule has 0 bridgehead atoms. The van der Waals surface area contributed by atoms with Gasteiger partial charge in [0.2, 0.25) is 0 Å². The highest BCUT2D eigenvalue weighted by molar-refractivity contribution is 14.2. The molecule has 1 rings (SSSR count). The minimum Gasteiger partial charge on any atom is -0.307 e. The molecule has 17 heavy (non-hydrogen) atoms. The molecule has 0 amide bonds. The van der Waals surface area contributed by atoms with E-state index in [1.807, 2.05) is 8.93 Å². The lowest BCUT2D eigenvalue weighted by Crippen LogP contribution is -2.61. The van der Waals surface area contributed by atoms with Crippen LogP contribution in [0, 0.1) is 0 Å². The van der Waals surface area contributed by atoms with Gasteiger partial charge < -0.3 is 10.2 Å². The molecule has 0 aromatic carbocycles. The van der Waals surface area contributed by atoms with E-state index in [4.69, 9.17) is 0 Å². The summed E-state index contributed by atoms with van der Waals surface area (Å²) in [6, 6.07) is 0.723. The Bertz CT molecular complexity index is 228. The Morgan fingerprint density at radius 1 is 1.24 bits per heavy atom. The topological polar surface area (TPSA) is 15.3 Å². The zero-order valence-electron chi connectivity index (χ0n) is 11.8. The van der Waals surface area contributed by atoms with Crippen LogP contribution < -0.4 is 5.32 Å². The van der Waals surface area contributed by atoms with E-state index in [0.717, 1.165) is 6.04 Å². The Labute approximate surface area is 123 Å². The number of nitrogens with zero attached hydrogens (tertiary/aromatic N) is 1. The Morgan fingerprint density at radius 2 is 1.76 bits per heavy atom. The van der Waals surface area contributed by atoms with Crippen molar-refractivity contribution in [2.45, 2.75) is 64.1 Å². The first-order chi connectivity index (χ1) is 7.76. The van der Waals surface area contributed by atoms with Gasteiger partial charge in [-0.1, -0.05) is 8.93 Å². The average molecular weight is 370 g/mol. The number of halogens is 1. The Balaban J connectivity index is 2.52. The number of hydrogen-bond acceptors (Lipinski definition) is 3. The molecule has 0 radical (unpaired) electrons. The minimum absolute atomic E-state index is 0.263. The van der Waals surface area contributed by atoms with Gasteiger partial charge in [-0.2, -0.15) is 0 Å². The minimum atomic E-state index is 0.263. The predicted molar refractivity (Wildman–Crippen MR) is 88.0 cm³/mol. The van der Waals surface area contributed by atoms with E-state index in [0.29, 0.717) is 0 Å². The summed E-state index contributed by atoms with van der Waals surface area (Å²) in [5, 5.41) is 3.75. The summed E-state index contributed by atoms with van der Waals surface area (Å²) in [7, 11) is 4.21. The summed E-state index contributed by atoms with van der Waals surface area (Å²) in [4.78, 5) is 2.57. The van der Waals surface area contributed by atoms with Crippen LogP contribution in [-0.4, -0.2) is 41.4 Å². The second-order valence-electron chi connectivity index (χ2n) is 6.60. The molecular formula is C13H27IN2S. The molecule has 0 aromatic rings. The number of piperidine rings is 1. The van der Waals surface area contributed by atoms with Crippen LogP contribution in [0.15, 0.2) is 0 Å². The van der Waals surface area contributed by atoms with Crippen LogP contribution in [0.2, 0.25) is 0 Å². The Morgan fingerprint density at radius 3 is 2.24 bits per heavy atom. The zero-order valence-corrected chi connectivity index (χ0v) is 14.8. The number of hydrogen-bond donors (Lipinski definition) is 1. The van der Waals surface area contributed by atoms with Crippen molar-refractivity contribution in [2.24, 2.45) is 0 Å². The number of rotatable bonds is 5. The van der Waals surface area contributed by atoms with Crippen molar-refractivity contribution in [2.75, 3.05) is 19.3 Å². The van der Waals surface area contributed by atoms with Crippen molar-refractivity contribution < 1.29 is 0 Å². The summed E-state index contributed by atoms with van der Waals surface area (Å²) in [5.41, 5.74) is 0.525. The van der Waals surface area contributed by atoms with Crippen LogP contribution in [0.5, 0.6) is 0 Å². The summed E-state index contributed by atoms with van der Waals surface area (Å²) < 4.78 is 0. The molecule has 1 fully saturated rings. The zero-order chi connectivity index (χ0) is 13.1. The number of nitrogens with one attached hydrogen (secondary N) is 1. The van der Waals surface area contributed by atoms with E-state index in [2.05, 4.69) is 66.2 Å². The fourth-order valence-corrected chi connectivity index (χ4v) is 4.30. The van der Waals surface area contributed by atoms with Gasteiger partial charge in [-0.3, -0.25) is 0 Å². The van der Waals surface area contributed by atoms with Gasteiger partial charge >= 0.3 is 0 Å². The Kier molecular flexibility index (Phi) is 6.08. The third-order valence-corrected chi connectivity index (χ3v) is 5.29. The molecule has 1 N–H and O–H groups in total. The lowest BCUT2D eigenvalue weighted by atomic mass is 9.79. The molecule has 0 saturated carbocycles. The van der Waals surface area contributed by atoms with Crippen LogP contribution >= 0.6 is 30.1 Å². The molecule has 1 aliphatic rings. The van der Waals surface area contributed by atoms with Crippen LogP contribution in [0.4, 0.5) is 0 Å². The monoisotopic (exact) mass is 370 g/mol. The van der Waals surface area contributed by atoms with Gasteiger partial charge in [0.15, 0.2) is 0 Å². The highest BCUT2D eigenvalue weighted by atomic mass is 127. The first kappa shape index (κ1) is 16.1. The van der Waals surface area contributed by atoms with Crippen LogP contribution in [0.1, 0.15) is 47.0 Å². The SMILES string of the molecule is CN(CCCSI)C1CC(C)(C)NC(C)(C)C1. The van der Waals surface area contributed by atoms with E-state index in [1.165, 1.54) is 31.6 Å². The van der Waals surface area contributed by atoms with E-state index < -0.39 is 0 Å². The molecule has 2 nitrogen and oxygen atoms in total. The van der Waals surface area contributed by atoms with E-state index in [9.17, 15) is 0 Å². The molecular weight excluding hydrogens is 343 g/mol. The first-order valence-electron chi connectivity index (χ1n) is 6.49. The molecule has 1 aliphatic heterocycles. The van der Waals surface area contributed by atoms with E-state index >= 15 is 0 Å². The molecule has 4 heteroatoms. The predicted octanol–water partition coefficient (Wildman–Crippen LogP) is 3.70. The van der Waals surface area contributed by atoms with E-state index in [1.54, 1.807) is 0 Å². The summed E-state index contributed by atoms with van der Waals surface area (Å²) >= 11 is 2.39. The quantitative estimate of drug-likeness (QED) is 0.587. The summed E-state index contributed by atoms with van der Waals surface area (Å²) in [5.74, 6) is 1.27. The second-order valence-corrected chi connectivity index (χ2v) is 9.10. The van der Waals surface area contributed by atoms with Gasteiger partial charge in [0.1, 0.15) is 0 Å².